The lowest BCUT2D eigenvalue weighted by atomic mass is 10.1. The predicted octanol–water partition coefficient (Wildman–Crippen LogP) is 4.37. The minimum absolute atomic E-state index is 0.310. The molecular weight excluding hydrogens is 308 g/mol. The Morgan fingerprint density at radius 2 is 2.06 bits per heavy atom. The first-order valence-corrected chi connectivity index (χ1v) is 7.59. The van der Waals surface area contributed by atoms with Gasteiger partial charge in [-0.25, -0.2) is 4.98 Å². The van der Waals surface area contributed by atoms with Crippen molar-refractivity contribution in [3.8, 4) is 0 Å². The highest BCUT2D eigenvalue weighted by molar-refractivity contribution is 9.10. The lowest BCUT2D eigenvalue weighted by molar-refractivity contribution is 0.571. The summed E-state index contributed by atoms with van der Waals surface area (Å²) in [4.78, 5) is 5.85. The van der Waals surface area contributed by atoms with Gasteiger partial charge in [0.2, 0.25) is 0 Å². The monoisotopic (exact) mass is 324 g/mol. The minimum atomic E-state index is 0.310. The van der Waals surface area contributed by atoms with E-state index in [1.165, 1.54) is 10.4 Å². The quantitative estimate of drug-likeness (QED) is 0.903. The lowest BCUT2D eigenvalue weighted by Gasteiger charge is -2.14. The van der Waals surface area contributed by atoms with Gasteiger partial charge in [0.15, 0.2) is 0 Å². The zero-order chi connectivity index (χ0) is 13.1. The molecule has 0 spiro atoms. The fourth-order valence-corrected chi connectivity index (χ4v) is 3.30. The third kappa shape index (κ3) is 3.19. The van der Waals surface area contributed by atoms with Crippen molar-refractivity contribution in [2.24, 2.45) is 0 Å². The van der Waals surface area contributed by atoms with Gasteiger partial charge in [0.1, 0.15) is 5.01 Å². The molecule has 1 N–H and O–H groups in total. The molecule has 0 fully saturated rings. The van der Waals surface area contributed by atoms with Crippen molar-refractivity contribution in [1.82, 2.24) is 10.3 Å². The molecule has 0 aliphatic carbocycles. The van der Waals surface area contributed by atoms with Crippen LogP contribution in [0.2, 0.25) is 0 Å². The topological polar surface area (TPSA) is 24.9 Å². The van der Waals surface area contributed by atoms with Gasteiger partial charge in [-0.1, -0.05) is 34.1 Å². The number of benzene rings is 1. The molecule has 0 saturated carbocycles. The summed E-state index contributed by atoms with van der Waals surface area (Å²) in [6.07, 6.45) is 0. The number of thiazole rings is 1. The van der Waals surface area contributed by atoms with Gasteiger partial charge < -0.3 is 5.32 Å². The molecule has 0 unspecified atom stereocenters. The smallest absolute Gasteiger partial charge is 0.107 e. The van der Waals surface area contributed by atoms with E-state index in [2.05, 4.69) is 65.2 Å². The van der Waals surface area contributed by atoms with Crippen LogP contribution in [0.3, 0.4) is 0 Å². The lowest BCUT2D eigenvalue weighted by Crippen LogP contribution is -2.18. The van der Waals surface area contributed by atoms with Crippen LogP contribution >= 0.6 is 27.3 Å². The maximum atomic E-state index is 4.54. The van der Waals surface area contributed by atoms with Crippen molar-refractivity contribution in [2.75, 3.05) is 0 Å². The number of aryl methyl sites for hydroxylation is 2. The molecule has 4 heteroatoms. The molecule has 1 heterocycles. The van der Waals surface area contributed by atoms with E-state index >= 15 is 0 Å². The first-order valence-electron chi connectivity index (χ1n) is 5.98. The molecule has 0 aliphatic heterocycles. The zero-order valence-corrected chi connectivity index (χ0v) is 13.2. The first kappa shape index (κ1) is 13.7. The van der Waals surface area contributed by atoms with Crippen molar-refractivity contribution >= 4 is 27.3 Å². The summed E-state index contributed by atoms with van der Waals surface area (Å²) in [5, 5.41) is 4.67. The Kier molecular flexibility index (Phi) is 4.54. The standard InChI is InChI=1S/C14H17BrN2S/c1-9-11(3)18-14(17-9)8-16-10(2)12-6-4-5-7-13(12)15/h4-7,10,16H,8H2,1-3H3/t10-/m0/s1. The number of nitrogens with zero attached hydrogens (tertiary/aromatic N) is 1. The van der Waals surface area contributed by atoms with Crippen LogP contribution in [0.1, 0.15) is 34.1 Å². The number of hydrogen-bond acceptors (Lipinski definition) is 3. The Hall–Kier alpha value is -0.710. The fourth-order valence-electron chi connectivity index (χ4n) is 1.79. The van der Waals surface area contributed by atoms with Gasteiger partial charge in [0.05, 0.1) is 5.69 Å². The number of hydrogen-bond donors (Lipinski definition) is 1. The van der Waals surface area contributed by atoms with Crippen LogP contribution in [0.5, 0.6) is 0 Å². The highest BCUT2D eigenvalue weighted by Crippen LogP contribution is 2.23. The Morgan fingerprint density at radius 1 is 1.33 bits per heavy atom. The molecule has 0 radical (unpaired) electrons. The van der Waals surface area contributed by atoms with E-state index in [9.17, 15) is 0 Å². The van der Waals surface area contributed by atoms with Crippen molar-refractivity contribution < 1.29 is 0 Å². The minimum Gasteiger partial charge on any atom is -0.304 e. The molecule has 0 bridgehead atoms. The number of nitrogens with one attached hydrogen (secondary N) is 1. The molecule has 0 amide bonds. The first-order chi connectivity index (χ1) is 8.58. The molecule has 2 nitrogen and oxygen atoms in total. The number of halogens is 1. The Morgan fingerprint density at radius 3 is 2.67 bits per heavy atom. The van der Waals surface area contributed by atoms with E-state index in [0.717, 1.165) is 21.7 Å². The van der Waals surface area contributed by atoms with Crippen LogP contribution in [-0.2, 0) is 6.54 Å². The molecule has 1 atom stereocenters. The SMILES string of the molecule is Cc1nc(CN[C@@H](C)c2ccccc2Br)sc1C. The van der Waals surface area contributed by atoms with E-state index < -0.39 is 0 Å². The van der Waals surface area contributed by atoms with E-state index in [1.54, 1.807) is 11.3 Å². The zero-order valence-electron chi connectivity index (χ0n) is 10.8. The molecule has 1 aromatic carbocycles. The molecule has 2 rings (SSSR count). The summed E-state index contributed by atoms with van der Waals surface area (Å²) in [6, 6.07) is 8.62. The maximum Gasteiger partial charge on any atom is 0.107 e. The van der Waals surface area contributed by atoms with E-state index in [0.29, 0.717) is 6.04 Å². The van der Waals surface area contributed by atoms with Crippen LogP contribution < -0.4 is 5.32 Å². The summed E-state index contributed by atoms with van der Waals surface area (Å²) in [5.74, 6) is 0. The largest absolute Gasteiger partial charge is 0.304 e. The second-order valence-corrected chi connectivity index (χ2v) is 6.52. The normalized spacial score (nSPS) is 12.7. The van der Waals surface area contributed by atoms with Crippen LogP contribution in [0.4, 0.5) is 0 Å². The number of aromatic nitrogens is 1. The maximum absolute atomic E-state index is 4.54. The van der Waals surface area contributed by atoms with Gasteiger partial charge in [-0.15, -0.1) is 11.3 Å². The van der Waals surface area contributed by atoms with Crippen molar-refractivity contribution in [3.05, 3.63) is 49.9 Å². The van der Waals surface area contributed by atoms with E-state index in [-0.39, 0.29) is 0 Å². The molecule has 18 heavy (non-hydrogen) atoms. The molecular formula is C14H17BrN2S. The van der Waals surface area contributed by atoms with Crippen molar-refractivity contribution in [1.29, 1.82) is 0 Å². The van der Waals surface area contributed by atoms with Gasteiger partial charge in [0, 0.05) is 21.9 Å². The van der Waals surface area contributed by atoms with Gasteiger partial charge in [-0.2, -0.15) is 0 Å². The van der Waals surface area contributed by atoms with Crippen molar-refractivity contribution in [3.63, 3.8) is 0 Å². The fraction of sp³-hybridized carbons (Fsp3) is 0.357. The average Bonchev–Trinajstić information content (AvgIpc) is 2.66. The van der Waals surface area contributed by atoms with Gasteiger partial charge >= 0.3 is 0 Å². The van der Waals surface area contributed by atoms with Crippen LogP contribution in [-0.4, -0.2) is 4.98 Å². The summed E-state index contributed by atoms with van der Waals surface area (Å²) < 4.78 is 1.15. The summed E-state index contributed by atoms with van der Waals surface area (Å²) in [7, 11) is 0. The molecule has 2 aromatic rings. The second kappa shape index (κ2) is 5.95. The van der Waals surface area contributed by atoms with Crippen molar-refractivity contribution in [2.45, 2.75) is 33.4 Å². The van der Waals surface area contributed by atoms with Gasteiger partial charge in [-0.3, -0.25) is 0 Å². The van der Waals surface area contributed by atoms with E-state index in [1.807, 2.05) is 6.07 Å². The van der Waals surface area contributed by atoms with Crippen LogP contribution in [0.15, 0.2) is 28.7 Å². The summed E-state index contributed by atoms with van der Waals surface area (Å²) >= 11 is 5.36. The third-order valence-electron chi connectivity index (χ3n) is 3.00. The van der Waals surface area contributed by atoms with Crippen LogP contribution in [0, 0.1) is 13.8 Å². The summed E-state index contributed by atoms with van der Waals surface area (Å²) in [6.45, 7) is 7.18. The highest BCUT2D eigenvalue weighted by Gasteiger charge is 2.09. The Labute approximate surface area is 121 Å². The van der Waals surface area contributed by atoms with E-state index in [4.69, 9.17) is 0 Å². The Balaban J connectivity index is 2.00. The number of rotatable bonds is 4. The molecule has 0 aliphatic rings. The predicted molar refractivity (Wildman–Crippen MR) is 81.0 cm³/mol. The van der Waals surface area contributed by atoms with Gasteiger partial charge in [-0.05, 0) is 32.4 Å². The molecule has 1 aromatic heterocycles. The van der Waals surface area contributed by atoms with Crippen LogP contribution in [0.25, 0.3) is 0 Å². The highest BCUT2D eigenvalue weighted by atomic mass is 79.9. The average molecular weight is 325 g/mol. The third-order valence-corrected chi connectivity index (χ3v) is 4.80. The molecule has 0 saturated heterocycles. The summed E-state index contributed by atoms with van der Waals surface area (Å²) in [5.41, 5.74) is 2.42. The van der Waals surface area contributed by atoms with Gasteiger partial charge in [0.25, 0.3) is 0 Å². The Bertz CT molecular complexity index is 517. The second-order valence-electron chi connectivity index (χ2n) is 4.37. The molecule has 96 valence electrons.